The van der Waals surface area contributed by atoms with Gasteiger partial charge in [-0.1, -0.05) is 65.3 Å². The van der Waals surface area contributed by atoms with Crippen molar-refractivity contribution in [2.24, 2.45) is 0 Å². The number of carbonyl (C=O) groups excluding carboxylic acids is 1. The average molecular weight is 523 g/mol. The second kappa shape index (κ2) is 9.50. The lowest BCUT2D eigenvalue weighted by Crippen LogP contribution is -2.30. The minimum atomic E-state index is -0.204. The van der Waals surface area contributed by atoms with Crippen LogP contribution in [0.4, 0.5) is 11.4 Å². The highest BCUT2D eigenvalue weighted by atomic mass is 35.5. The largest absolute Gasteiger partial charge is 0.291 e. The first-order valence-electron chi connectivity index (χ1n) is 10.6. The van der Waals surface area contributed by atoms with Crippen molar-refractivity contribution in [1.82, 2.24) is 4.57 Å². The number of aryl methyl sites for hydroxylation is 1. The van der Waals surface area contributed by atoms with Crippen LogP contribution >= 0.6 is 46.9 Å². The van der Waals surface area contributed by atoms with Crippen LogP contribution in [0.3, 0.4) is 0 Å². The van der Waals surface area contributed by atoms with Crippen LogP contribution in [0.1, 0.15) is 12.0 Å². The van der Waals surface area contributed by atoms with E-state index in [1.165, 1.54) is 15.9 Å². The molecular weight excluding hydrogens is 504 g/mol. The zero-order valence-corrected chi connectivity index (χ0v) is 21.4. The first-order valence-corrected chi connectivity index (χ1v) is 13.0. The molecule has 0 fully saturated rings. The maximum Gasteiger partial charge on any atom is 0.253 e. The van der Waals surface area contributed by atoms with Gasteiger partial charge in [-0.3, -0.25) is 19.1 Å². The summed E-state index contributed by atoms with van der Waals surface area (Å²) in [6, 6.07) is 22.9. The molecule has 0 saturated heterocycles. The number of carbonyl (C=O) groups is 1. The third-order valence-electron chi connectivity index (χ3n) is 5.56. The number of amides is 1. The van der Waals surface area contributed by atoms with Crippen LogP contribution in [-0.4, -0.2) is 10.5 Å². The molecule has 0 atom stereocenters. The number of benzene rings is 3. The Bertz CT molecular complexity index is 1500. The first-order chi connectivity index (χ1) is 16.4. The second-order valence-corrected chi connectivity index (χ2v) is 11.1. The van der Waals surface area contributed by atoms with Crippen molar-refractivity contribution in [3.8, 4) is 10.4 Å². The molecule has 2 heterocycles. The molecule has 34 heavy (non-hydrogen) atoms. The summed E-state index contributed by atoms with van der Waals surface area (Å²) < 4.78 is 1.95. The number of rotatable bonds is 4. The number of nitrogens with zero attached hydrogens (tertiary/aromatic N) is 2. The zero-order chi connectivity index (χ0) is 23.8. The van der Waals surface area contributed by atoms with Gasteiger partial charge in [0.2, 0.25) is 5.91 Å². The van der Waals surface area contributed by atoms with Crippen LogP contribution in [0, 0.1) is 10.9 Å². The van der Waals surface area contributed by atoms with E-state index in [-0.39, 0.29) is 24.4 Å². The smallest absolute Gasteiger partial charge is 0.253 e. The van der Waals surface area contributed by atoms with Crippen LogP contribution in [0.2, 0.25) is 5.02 Å². The van der Waals surface area contributed by atoms with E-state index >= 15 is 0 Å². The molecule has 5 rings (SSSR count). The molecule has 0 spiro atoms. The minimum Gasteiger partial charge on any atom is -0.291 e. The zero-order valence-electron chi connectivity index (χ0n) is 18.2. The first kappa shape index (κ1) is 23.1. The minimum absolute atomic E-state index is 0.120. The van der Waals surface area contributed by atoms with Crippen molar-refractivity contribution >= 4 is 64.2 Å². The van der Waals surface area contributed by atoms with Gasteiger partial charge in [0, 0.05) is 38.7 Å². The van der Waals surface area contributed by atoms with Gasteiger partial charge >= 0.3 is 0 Å². The topological polar surface area (TPSA) is 42.3 Å². The quantitative estimate of drug-likeness (QED) is 0.260. The Balaban J connectivity index is 1.43. The average Bonchev–Trinajstić information content (AvgIpc) is 2.82. The lowest BCUT2D eigenvalue weighted by Gasteiger charge is -2.31. The number of para-hydroxylation sites is 1. The van der Waals surface area contributed by atoms with Gasteiger partial charge in [0.25, 0.3) is 5.56 Å². The van der Waals surface area contributed by atoms with E-state index in [1.54, 1.807) is 28.8 Å². The monoisotopic (exact) mass is 522 g/mol. The van der Waals surface area contributed by atoms with E-state index in [4.69, 9.17) is 23.8 Å². The van der Waals surface area contributed by atoms with E-state index in [0.717, 1.165) is 37.2 Å². The van der Waals surface area contributed by atoms with Crippen molar-refractivity contribution < 1.29 is 4.79 Å². The summed E-state index contributed by atoms with van der Waals surface area (Å²) in [5.41, 5.74) is 3.48. The summed E-state index contributed by atoms with van der Waals surface area (Å²) in [7, 11) is 0. The lowest BCUT2D eigenvalue weighted by molar-refractivity contribution is -0.118. The highest BCUT2D eigenvalue weighted by Crippen LogP contribution is 2.49. The van der Waals surface area contributed by atoms with Gasteiger partial charge in [-0.15, -0.1) is 11.3 Å². The summed E-state index contributed by atoms with van der Waals surface area (Å²) in [4.78, 5) is 30.8. The number of anilines is 2. The molecule has 0 aliphatic carbocycles. The molecular formula is C26H19ClN2O2S3. The highest BCUT2D eigenvalue weighted by Gasteiger charge is 2.28. The molecule has 8 heteroatoms. The van der Waals surface area contributed by atoms with Gasteiger partial charge in [-0.2, -0.15) is 0 Å². The van der Waals surface area contributed by atoms with Crippen molar-refractivity contribution in [3.63, 3.8) is 0 Å². The maximum atomic E-state index is 13.5. The second-order valence-electron chi connectivity index (χ2n) is 7.89. The van der Waals surface area contributed by atoms with Crippen LogP contribution in [0.25, 0.3) is 10.4 Å². The van der Waals surface area contributed by atoms with Crippen molar-refractivity contribution in [2.75, 3.05) is 4.90 Å². The van der Waals surface area contributed by atoms with Gasteiger partial charge in [0.1, 0.15) is 0 Å². The van der Waals surface area contributed by atoms with Crippen molar-refractivity contribution in [1.29, 1.82) is 0 Å². The summed E-state index contributed by atoms with van der Waals surface area (Å²) >= 11 is 14.8. The summed E-state index contributed by atoms with van der Waals surface area (Å²) in [6.45, 7) is 2.23. The van der Waals surface area contributed by atoms with E-state index in [9.17, 15) is 9.59 Å². The molecule has 1 aromatic heterocycles. The molecule has 4 aromatic rings. The number of hydrogen-bond donors (Lipinski definition) is 0. The Morgan fingerprint density at radius 2 is 1.71 bits per heavy atom. The van der Waals surface area contributed by atoms with Gasteiger partial charge in [0.15, 0.2) is 3.95 Å². The Hall–Kier alpha value is -2.71. The fourth-order valence-electron chi connectivity index (χ4n) is 3.84. The van der Waals surface area contributed by atoms with E-state index < -0.39 is 0 Å². The molecule has 1 aliphatic heterocycles. The number of halogens is 1. The predicted octanol–water partition coefficient (Wildman–Crippen LogP) is 7.49. The van der Waals surface area contributed by atoms with Gasteiger partial charge in [0.05, 0.1) is 11.4 Å². The molecule has 4 nitrogen and oxygen atoms in total. The molecule has 0 bridgehead atoms. The molecule has 1 aliphatic rings. The molecule has 0 unspecified atom stereocenters. The number of aromatic nitrogens is 1. The van der Waals surface area contributed by atoms with Crippen molar-refractivity contribution in [2.45, 2.75) is 29.7 Å². The molecule has 1 amide bonds. The number of fused-ring (bicyclic) bond motifs is 2. The standard InChI is InChI=1S/C26H19ClN2O2S3/c1-16-6-8-17(9-7-16)23-15-25(31)28(26(32)34-23)13-12-24(30)29-19-4-2-3-5-21(19)33-22-11-10-18(27)14-20(22)29/h2-11,14-15H,12-13H2,1H3. The normalized spacial score (nSPS) is 12.2. The summed E-state index contributed by atoms with van der Waals surface area (Å²) in [6.07, 6.45) is 0.130. The lowest BCUT2D eigenvalue weighted by atomic mass is 10.1. The van der Waals surface area contributed by atoms with Crippen LogP contribution in [-0.2, 0) is 11.3 Å². The Kier molecular flexibility index (Phi) is 6.44. The highest BCUT2D eigenvalue weighted by molar-refractivity contribution is 7.99. The van der Waals surface area contributed by atoms with E-state index in [1.807, 2.05) is 67.6 Å². The van der Waals surface area contributed by atoms with Crippen molar-refractivity contribution in [3.05, 3.63) is 97.7 Å². The SMILES string of the molecule is Cc1ccc(-c2cc(=O)n(CCC(=O)N3c4ccccc4Sc4ccc(Cl)cc43)c(=S)s2)cc1. The molecule has 0 N–H and O–H groups in total. The maximum absolute atomic E-state index is 13.5. The predicted molar refractivity (Wildman–Crippen MR) is 143 cm³/mol. The number of hydrogen-bond acceptors (Lipinski definition) is 5. The van der Waals surface area contributed by atoms with E-state index in [2.05, 4.69) is 0 Å². The molecule has 0 radical (unpaired) electrons. The van der Waals surface area contributed by atoms with Gasteiger partial charge in [-0.25, -0.2) is 0 Å². The Labute approximate surface area is 215 Å². The third kappa shape index (κ3) is 4.49. The third-order valence-corrected chi connectivity index (χ3v) is 8.37. The fraction of sp³-hybridized carbons (Fsp3) is 0.115. The van der Waals surface area contributed by atoms with Gasteiger partial charge < -0.3 is 0 Å². The van der Waals surface area contributed by atoms with Crippen LogP contribution < -0.4 is 10.5 Å². The fourth-order valence-corrected chi connectivity index (χ4v) is 6.38. The Morgan fingerprint density at radius 3 is 2.47 bits per heavy atom. The van der Waals surface area contributed by atoms with E-state index in [0.29, 0.717) is 8.98 Å². The van der Waals surface area contributed by atoms with Crippen LogP contribution in [0.5, 0.6) is 0 Å². The molecule has 170 valence electrons. The summed E-state index contributed by atoms with van der Waals surface area (Å²) in [5, 5.41) is 0.564. The molecule has 3 aromatic carbocycles. The Morgan fingerprint density at radius 1 is 0.971 bits per heavy atom. The van der Waals surface area contributed by atoms with Crippen LogP contribution in [0.15, 0.2) is 87.4 Å². The van der Waals surface area contributed by atoms with Gasteiger partial charge in [-0.05, 0) is 55.0 Å². The molecule has 0 saturated carbocycles. The summed E-state index contributed by atoms with van der Waals surface area (Å²) in [5.74, 6) is -0.120.